The highest BCUT2D eigenvalue weighted by Crippen LogP contribution is 2.21. The maximum atomic E-state index is 12.7. The number of hydrogen-bond acceptors (Lipinski definition) is 7. The van der Waals surface area contributed by atoms with Crippen LogP contribution in [0.15, 0.2) is 30.6 Å². The summed E-state index contributed by atoms with van der Waals surface area (Å²) in [6, 6.07) is 5.52. The zero-order valence-corrected chi connectivity index (χ0v) is 15.7. The van der Waals surface area contributed by atoms with Gasteiger partial charge in [-0.2, -0.15) is 0 Å². The molecule has 0 radical (unpaired) electrons. The Morgan fingerprint density at radius 2 is 1.63 bits per heavy atom. The van der Waals surface area contributed by atoms with Crippen molar-refractivity contribution in [1.82, 2.24) is 25.1 Å². The minimum Gasteiger partial charge on any atom is -0.355 e. The van der Waals surface area contributed by atoms with Gasteiger partial charge in [-0.3, -0.25) is 4.79 Å². The first kappa shape index (κ1) is 17.6. The van der Waals surface area contributed by atoms with Crippen molar-refractivity contribution in [1.29, 1.82) is 0 Å². The fraction of sp³-hybridized carbons (Fsp3) is 0.526. The van der Waals surface area contributed by atoms with Crippen LogP contribution in [0.2, 0.25) is 0 Å². The molecule has 8 heteroatoms. The standard InChI is InChI=1S/C19H25N7O/c1-15-5-9-24(10-6-15)17-4-3-16(22-23-17)18(27)25-11-13-26(14-12-25)19-20-7-2-8-21-19/h2-4,7-8,15H,5-6,9-14H2,1H3. The van der Waals surface area contributed by atoms with Gasteiger partial charge in [-0.25, -0.2) is 9.97 Å². The van der Waals surface area contributed by atoms with Crippen molar-refractivity contribution >= 4 is 17.7 Å². The smallest absolute Gasteiger partial charge is 0.274 e. The Morgan fingerprint density at radius 3 is 2.26 bits per heavy atom. The molecule has 0 unspecified atom stereocenters. The molecular weight excluding hydrogens is 342 g/mol. The molecule has 2 aliphatic rings. The first-order valence-corrected chi connectivity index (χ1v) is 9.60. The second-order valence-electron chi connectivity index (χ2n) is 7.27. The van der Waals surface area contributed by atoms with Crippen LogP contribution in [0.1, 0.15) is 30.3 Å². The van der Waals surface area contributed by atoms with Gasteiger partial charge in [0.05, 0.1) is 0 Å². The van der Waals surface area contributed by atoms with E-state index in [1.807, 2.05) is 11.0 Å². The van der Waals surface area contributed by atoms with Crippen LogP contribution in [0.3, 0.4) is 0 Å². The molecule has 8 nitrogen and oxygen atoms in total. The molecular formula is C19H25N7O. The quantitative estimate of drug-likeness (QED) is 0.813. The molecule has 0 aliphatic carbocycles. The molecule has 4 heterocycles. The third kappa shape index (κ3) is 3.99. The second kappa shape index (κ2) is 7.85. The van der Waals surface area contributed by atoms with E-state index in [-0.39, 0.29) is 5.91 Å². The predicted octanol–water partition coefficient (Wildman–Crippen LogP) is 1.47. The van der Waals surface area contributed by atoms with Gasteiger partial charge in [0.1, 0.15) is 0 Å². The molecule has 0 atom stereocenters. The van der Waals surface area contributed by atoms with Crippen LogP contribution in [-0.2, 0) is 0 Å². The van der Waals surface area contributed by atoms with Gasteiger partial charge in [0.25, 0.3) is 5.91 Å². The number of piperazine rings is 1. The van der Waals surface area contributed by atoms with E-state index in [0.29, 0.717) is 37.8 Å². The highest BCUT2D eigenvalue weighted by atomic mass is 16.2. The summed E-state index contributed by atoms with van der Waals surface area (Å²) in [5.74, 6) is 2.29. The summed E-state index contributed by atoms with van der Waals surface area (Å²) in [5.41, 5.74) is 0.411. The molecule has 0 spiro atoms. The zero-order chi connectivity index (χ0) is 18.6. The monoisotopic (exact) mass is 367 g/mol. The molecule has 0 N–H and O–H groups in total. The Bertz CT molecular complexity index is 751. The van der Waals surface area contributed by atoms with Gasteiger partial charge in [-0.1, -0.05) is 6.92 Å². The topological polar surface area (TPSA) is 78.4 Å². The predicted molar refractivity (Wildman–Crippen MR) is 103 cm³/mol. The number of amides is 1. The van der Waals surface area contributed by atoms with Crippen molar-refractivity contribution in [2.45, 2.75) is 19.8 Å². The molecule has 142 valence electrons. The molecule has 4 rings (SSSR count). The molecule has 2 fully saturated rings. The van der Waals surface area contributed by atoms with Crippen molar-refractivity contribution in [3.8, 4) is 0 Å². The van der Waals surface area contributed by atoms with E-state index in [2.05, 4.69) is 36.9 Å². The lowest BCUT2D eigenvalue weighted by Gasteiger charge is -2.34. The van der Waals surface area contributed by atoms with Gasteiger partial charge in [0, 0.05) is 51.7 Å². The number of anilines is 2. The van der Waals surface area contributed by atoms with Crippen LogP contribution in [0.4, 0.5) is 11.8 Å². The first-order chi connectivity index (χ1) is 13.2. The van der Waals surface area contributed by atoms with Gasteiger partial charge in [0.15, 0.2) is 11.5 Å². The Balaban J connectivity index is 1.35. The van der Waals surface area contributed by atoms with Crippen LogP contribution in [-0.4, -0.2) is 70.2 Å². The highest BCUT2D eigenvalue weighted by Gasteiger charge is 2.25. The second-order valence-corrected chi connectivity index (χ2v) is 7.27. The molecule has 0 bridgehead atoms. The van der Waals surface area contributed by atoms with Gasteiger partial charge >= 0.3 is 0 Å². The summed E-state index contributed by atoms with van der Waals surface area (Å²) in [5, 5.41) is 8.51. The molecule has 2 aromatic rings. The lowest BCUT2D eigenvalue weighted by molar-refractivity contribution is 0.0739. The number of hydrogen-bond donors (Lipinski definition) is 0. The number of aromatic nitrogens is 4. The first-order valence-electron chi connectivity index (χ1n) is 9.60. The van der Waals surface area contributed by atoms with E-state index >= 15 is 0 Å². The summed E-state index contributed by atoms with van der Waals surface area (Å²) in [7, 11) is 0. The van der Waals surface area contributed by atoms with E-state index in [9.17, 15) is 4.79 Å². The van der Waals surface area contributed by atoms with E-state index in [1.165, 1.54) is 12.8 Å². The van der Waals surface area contributed by atoms with E-state index in [4.69, 9.17) is 0 Å². The Morgan fingerprint density at radius 1 is 0.926 bits per heavy atom. The molecule has 0 aromatic carbocycles. The van der Waals surface area contributed by atoms with E-state index in [1.54, 1.807) is 24.5 Å². The van der Waals surface area contributed by atoms with E-state index < -0.39 is 0 Å². The summed E-state index contributed by atoms with van der Waals surface area (Å²) in [6.45, 7) is 6.99. The fourth-order valence-electron chi connectivity index (χ4n) is 3.57. The van der Waals surface area contributed by atoms with Crippen molar-refractivity contribution in [3.63, 3.8) is 0 Å². The van der Waals surface area contributed by atoms with Crippen LogP contribution >= 0.6 is 0 Å². The number of rotatable bonds is 3. The maximum Gasteiger partial charge on any atom is 0.274 e. The fourth-order valence-corrected chi connectivity index (χ4v) is 3.57. The largest absolute Gasteiger partial charge is 0.355 e. The lowest BCUT2D eigenvalue weighted by Crippen LogP contribution is -2.49. The number of carbonyl (C=O) groups is 1. The minimum absolute atomic E-state index is 0.0602. The van der Waals surface area contributed by atoms with Crippen LogP contribution in [0.5, 0.6) is 0 Å². The number of piperidine rings is 1. The molecule has 2 saturated heterocycles. The van der Waals surface area contributed by atoms with Crippen LogP contribution in [0.25, 0.3) is 0 Å². The Kier molecular flexibility index (Phi) is 5.13. The molecule has 0 saturated carbocycles. The number of carbonyl (C=O) groups excluding carboxylic acids is 1. The maximum absolute atomic E-state index is 12.7. The molecule has 2 aliphatic heterocycles. The Hall–Kier alpha value is -2.77. The summed E-state index contributed by atoms with van der Waals surface area (Å²) < 4.78 is 0. The van der Waals surface area contributed by atoms with Gasteiger partial charge < -0.3 is 14.7 Å². The SMILES string of the molecule is CC1CCN(c2ccc(C(=O)N3CCN(c4ncccn4)CC3)nn2)CC1. The third-order valence-corrected chi connectivity index (χ3v) is 5.38. The van der Waals surface area contributed by atoms with Gasteiger partial charge in [-0.15, -0.1) is 10.2 Å². The minimum atomic E-state index is -0.0602. The average molecular weight is 367 g/mol. The van der Waals surface area contributed by atoms with Crippen molar-refractivity contribution < 1.29 is 4.79 Å². The lowest BCUT2D eigenvalue weighted by atomic mass is 9.99. The molecule has 27 heavy (non-hydrogen) atoms. The zero-order valence-electron chi connectivity index (χ0n) is 15.7. The summed E-state index contributed by atoms with van der Waals surface area (Å²) in [6.07, 6.45) is 5.83. The average Bonchev–Trinajstić information content (AvgIpc) is 2.75. The van der Waals surface area contributed by atoms with Gasteiger partial charge in [0.2, 0.25) is 5.95 Å². The van der Waals surface area contributed by atoms with Crippen molar-refractivity contribution in [3.05, 3.63) is 36.3 Å². The highest BCUT2D eigenvalue weighted by molar-refractivity contribution is 5.92. The van der Waals surface area contributed by atoms with E-state index in [0.717, 1.165) is 24.8 Å². The van der Waals surface area contributed by atoms with Gasteiger partial charge in [-0.05, 0) is 37.0 Å². The Labute approximate surface area is 159 Å². The third-order valence-electron chi connectivity index (χ3n) is 5.38. The van der Waals surface area contributed by atoms with Crippen LogP contribution < -0.4 is 9.80 Å². The number of nitrogens with zero attached hydrogens (tertiary/aromatic N) is 7. The molecule has 1 amide bonds. The summed E-state index contributed by atoms with van der Waals surface area (Å²) >= 11 is 0. The van der Waals surface area contributed by atoms with Crippen molar-refractivity contribution in [2.75, 3.05) is 49.1 Å². The molecule has 2 aromatic heterocycles. The van der Waals surface area contributed by atoms with Crippen LogP contribution in [0, 0.1) is 5.92 Å². The van der Waals surface area contributed by atoms with Crippen molar-refractivity contribution in [2.24, 2.45) is 5.92 Å². The summed E-state index contributed by atoms with van der Waals surface area (Å²) in [4.78, 5) is 27.4. The normalized spacial score (nSPS) is 18.6.